The molecule has 0 radical (unpaired) electrons. The van der Waals surface area contributed by atoms with Gasteiger partial charge in [0, 0.05) is 0 Å². The standard InChI is InChI=1S/2Mg.2H3N.H2N.H3O4P/c;;;;;1-5(2,3)4/h;;2*1H3;1H2;(H3,1,2,3,4)/q2*+2;;;-1;/p-3. The SMILES string of the molecule is N.N.O=P([O-])([O-])[O-].[Mg+2].[Mg+2].[NH2-]. The van der Waals surface area contributed by atoms with E-state index in [0.717, 1.165) is 0 Å². The van der Waals surface area contributed by atoms with Crippen LogP contribution in [0, 0.1) is 0 Å². The number of hydrogen-bond donors (Lipinski definition) is 2. The Balaban J connectivity index is -0.00000000800. The average Bonchev–Trinajstić information content (AvgIpc) is 0.722. The van der Waals surface area contributed by atoms with Gasteiger partial charge in [0.2, 0.25) is 0 Å². The van der Waals surface area contributed by atoms with Gasteiger partial charge in [-0.05, 0) is 0 Å². The van der Waals surface area contributed by atoms with Crippen molar-refractivity contribution in [2.24, 2.45) is 0 Å². The summed E-state index contributed by atoms with van der Waals surface area (Å²) >= 11 is 0. The summed E-state index contributed by atoms with van der Waals surface area (Å²) in [7, 11) is -5.39. The topological polar surface area (TPSA) is 190 Å². The van der Waals surface area contributed by atoms with Crippen LogP contribution in [0.3, 0.4) is 0 Å². The predicted octanol–water partition coefficient (Wildman–Crippen LogP) is -2.55. The Labute approximate surface area is 91.3 Å². The molecular formula is H8Mg2N3O4P. The third-order valence-corrected chi connectivity index (χ3v) is 0. The number of phosphoric acid groups is 1. The molecule has 0 bridgehead atoms. The van der Waals surface area contributed by atoms with Crippen LogP contribution in [-0.4, -0.2) is 46.1 Å². The van der Waals surface area contributed by atoms with Crippen LogP contribution in [0.1, 0.15) is 0 Å². The van der Waals surface area contributed by atoms with Crippen LogP contribution in [0.2, 0.25) is 0 Å². The zero-order valence-electron chi connectivity index (χ0n) is 5.49. The van der Waals surface area contributed by atoms with E-state index in [1.165, 1.54) is 0 Å². The van der Waals surface area contributed by atoms with Crippen molar-refractivity contribution in [3.63, 3.8) is 0 Å². The Morgan fingerprint density at radius 1 is 0.900 bits per heavy atom. The van der Waals surface area contributed by atoms with Gasteiger partial charge in [0.25, 0.3) is 0 Å². The molecule has 0 aromatic rings. The Bertz CT molecular complexity index is 64.6. The largest absolute Gasteiger partial charge is 2.00 e. The molecule has 0 aliphatic carbocycles. The normalized spacial score (nSPS) is 5.90. The maximum Gasteiger partial charge on any atom is 2.00 e. The van der Waals surface area contributed by atoms with E-state index in [1.54, 1.807) is 0 Å². The van der Waals surface area contributed by atoms with Gasteiger partial charge in [-0.1, -0.05) is 0 Å². The van der Waals surface area contributed by atoms with E-state index >= 15 is 0 Å². The van der Waals surface area contributed by atoms with Gasteiger partial charge in [-0.2, -0.15) is 7.82 Å². The first-order valence-corrected chi connectivity index (χ1v) is 2.19. The van der Waals surface area contributed by atoms with Gasteiger partial charge in [-0.3, -0.25) is 0 Å². The summed E-state index contributed by atoms with van der Waals surface area (Å²) in [4.78, 5) is 25.6. The molecule has 0 aromatic heterocycles. The second-order valence-corrected chi connectivity index (χ2v) is 1.34. The zero-order valence-corrected chi connectivity index (χ0v) is 9.21. The van der Waals surface area contributed by atoms with E-state index in [9.17, 15) is 0 Å². The van der Waals surface area contributed by atoms with Crippen molar-refractivity contribution in [3.05, 3.63) is 6.15 Å². The first-order chi connectivity index (χ1) is 2.00. The second-order valence-electron chi connectivity index (χ2n) is 0.447. The van der Waals surface area contributed by atoms with Crippen LogP contribution >= 0.6 is 7.82 Å². The minimum atomic E-state index is -5.39. The van der Waals surface area contributed by atoms with E-state index in [0.29, 0.717) is 0 Å². The smallest absolute Gasteiger partial charge is 0.822 e. The molecule has 0 rings (SSSR count). The van der Waals surface area contributed by atoms with Crippen molar-refractivity contribution in [1.82, 2.24) is 12.3 Å². The van der Waals surface area contributed by atoms with Gasteiger partial charge in [-0.25, -0.2) is 0 Å². The van der Waals surface area contributed by atoms with Gasteiger partial charge in [-0.15, -0.1) is 0 Å². The fraction of sp³-hybridized carbons (Fsp3) is 0. The van der Waals surface area contributed by atoms with E-state index in [1.807, 2.05) is 0 Å². The quantitative estimate of drug-likeness (QED) is 0.314. The molecule has 0 atom stereocenters. The van der Waals surface area contributed by atoms with Crippen LogP contribution < -0.4 is 27.0 Å². The van der Waals surface area contributed by atoms with Crippen LogP contribution in [-0.2, 0) is 4.57 Å². The van der Waals surface area contributed by atoms with Crippen LogP contribution in [0.4, 0.5) is 0 Å². The second kappa shape index (κ2) is 16.9. The first-order valence-electron chi connectivity index (χ1n) is 0.730. The number of hydrogen-bond acceptors (Lipinski definition) is 6. The molecule has 0 aliphatic rings. The summed E-state index contributed by atoms with van der Waals surface area (Å²) in [5.74, 6) is 0. The molecule has 0 fully saturated rings. The maximum absolute atomic E-state index is 8.55. The Hall–Kier alpha value is 1.52. The fourth-order valence-corrected chi connectivity index (χ4v) is 0. The predicted molar refractivity (Wildman–Crippen MR) is 34.4 cm³/mol. The number of rotatable bonds is 0. The third kappa shape index (κ3) is 298. The molecule has 0 amide bonds. The van der Waals surface area contributed by atoms with Crippen molar-refractivity contribution in [1.29, 1.82) is 0 Å². The van der Waals surface area contributed by atoms with Gasteiger partial charge in [0.1, 0.15) is 0 Å². The molecule has 7 nitrogen and oxygen atoms in total. The number of nitrogens with two attached hydrogens (primary N) is 1. The summed E-state index contributed by atoms with van der Waals surface area (Å²) < 4.78 is 8.55. The fourth-order valence-electron chi connectivity index (χ4n) is 0. The van der Waals surface area contributed by atoms with E-state index in [4.69, 9.17) is 19.2 Å². The summed E-state index contributed by atoms with van der Waals surface area (Å²) in [5, 5.41) is 0. The summed E-state index contributed by atoms with van der Waals surface area (Å²) in [6.07, 6.45) is 0. The minimum Gasteiger partial charge on any atom is -0.822 e. The Morgan fingerprint density at radius 3 is 0.900 bits per heavy atom. The van der Waals surface area contributed by atoms with Crippen molar-refractivity contribution in [2.75, 3.05) is 0 Å². The molecular weight excluding hydrogens is 186 g/mol. The molecule has 0 saturated carbocycles. The third-order valence-electron chi connectivity index (χ3n) is 0. The monoisotopic (exact) mass is 193 g/mol. The average molecular weight is 194 g/mol. The molecule has 10 heavy (non-hydrogen) atoms. The molecule has 0 spiro atoms. The van der Waals surface area contributed by atoms with Gasteiger partial charge < -0.3 is 37.7 Å². The minimum absolute atomic E-state index is 0. The molecule has 0 heterocycles. The Morgan fingerprint density at radius 2 is 0.900 bits per heavy atom. The molecule has 56 valence electrons. The summed E-state index contributed by atoms with van der Waals surface area (Å²) in [6, 6.07) is 0. The zero-order chi connectivity index (χ0) is 4.50. The van der Waals surface area contributed by atoms with Crippen molar-refractivity contribution >= 4 is 53.9 Å². The van der Waals surface area contributed by atoms with Gasteiger partial charge in [0.15, 0.2) is 0 Å². The van der Waals surface area contributed by atoms with Crippen molar-refractivity contribution < 1.29 is 19.2 Å². The molecule has 0 saturated heterocycles. The van der Waals surface area contributed by atoms with Crippen LogP contribution in [0.5, 0.6) is 0 Å². The van der Waals surface area contributed by atoms with E-state index < -0.39 is 7.82 Å². The molecule has 8 N–H and O–H groups in total. The van der Waals surface area contributed by atoms with E-state index in [2.05, 4.69) is 0 Å². The van der Waals surface area contributed by atoms with Crippen LogP contribution in [0.15, 0.2) is 0 Å². The van der Waals surface area contributed by atoms with Crippen molar-refractivity contribution in [2.45, 2.75) is 0 Å². The first kappa shape index (κ1) is 41.8. The van der Waals surface area contributed by atoms with Gasteiger partial charge in [0.05, 0.1) is 0 Å². The molecule has 0 aliphatic heterocycles. The Kier molecular flexibility index (Phi) is 70.5. The molecule has 0 unspecified atom stereocenters. The van der Waals surface area contributed by atoms with Gasteiger partial charge >= 0.3 is 46.1 Å². The van der Waals surface area contributed by atoms with E-state index in [-0.39, 0.29) is 64.6 Å². The molecule has 10 heteroatoms. The summed E-state index contributed by atoms with van der Waals surface area (Å²) in [6.45, 7) is 0. The van der Waals surface area contributed by atoms with Crippen molar-refractivity contribution in [3.8, 4) is 0 Å². The van der Waals surface area contributed by atoms with Crippen LogP contribution in [0.25, 0.3) is 6.15 Å². The maximum atomic E-state index is 8.55. The summed E-state index contributed by atoms with van der Waals surface area (Å²) in [5.41, 5.74) is 0. The molecule has 0 aromatic carbocycles.